The van der Waals surface area contributed by atoms with Gasteiger partial charge in [-0.15, -0.1) is 0 Å². The number of rotatable bonds is 6. The number of ether oxygens (including phenoxy) is 2. The summed E-state index contributed by atoms with van der Waals surface area (Å²) in [6.45, 7) is 3.27. The van der Waals surface area contributed by atoms with E-state index in [0.717, 1.165) is 5.56 Å². The molecular formula is C18H18N2O6. The van der Waals surface area contributed by atoms with E-state index in [9.17, 15) is 19.7 Å². The Morgan fingerprint density at radius 1 is 1.19 bits per heavy atom. The first-order chi connectivity index (χ1) is 12.3. The van der Waals surface area contributed by atoms with E-state index in [4.69, 9.17) is 9.47 Å². The molecule has 0 aliphatic rings. The Morgan fingerprint density at radius 3 is 2.54 bits per heavy atom. The summed E-state index contributed by atoms with van der Waals surface area (Å²) in [6, 6.07) is 10.6. The van der Waals surface area contributed by atoms with E-state index in [-0.39, 0.29) is 17.1 Å². The zero-order chi connectivity index (χ0) is 19.3. The van der Waals surface area contributed by atoms with E-state index >= 15 is 0 Å². The van der Waals surface area contributed by atoms with Gasteiger partial charge < -0.3 is 14.8 Å². The van der Waals surface area contributed by atoms with Gasteiger partial charge in [0.25, 0.3) is 11.6 Å². The predicted molar refractivity (Wildman–Crippen MR) is 94.3 cm³/mol. The minimum atomic E-state index is -1.07. The van der Waals surface area contributed by atoms with E-state index < -0.39 is 22.9 Å². The number of nitro groups is 1. The van der Waals surface area contributed by atoms with Gasteiger partial charge in [-0.2, -0.15) is 0 Å². The van der Waals surface area contributed by atoms with Gasteiger partial charge in [-0.25, -0.2) is 4.79 Å². The molecule has 2 aromatic carbocycles. The standard InChI is InChI=1S/C18H18N2O6/c1-11-5-4-6-13(9-11)18(22)26-12(2)17(21)19-15-8-7-14(20(23)24)10-16(15)25-3/h4-10,12H,1-3H3,(H,19,21)/t12-/m0/s1. The van der Waals surface area contributed by atoms with Crippen molar-refractivity contribution in [1.82, 2.24) is 0 Å². The maximum Gasteiger partial charge on any atom is 0.338 e. The number of amides is 1. The lowest BCUT2D eigenvalue weighted by Gasteiger charge is -2.15. The van der Waals surface area contributed by atoms with Crippen LogP contribution in [0.15, 0.2) is 42.5 Å². The van der Waals surface area contributed by atoms with Crippen LogP contribution in [0.5, 0.6) is 5.75 Å². The SMILES string of the molecule is COc1cc([N+](=O)[O-])ccc1NC(=O)[C@H](C)OC(=O)c1cccc(C)c1. The lowest BCUT2D eigenvalue weighted by Crippen LogP contribution is -2.30. The lowest BCUT2D eigenvalue weighted by atomic mass is 10.1. The molecule has 2 rings (SSSR count). The van der Waals surface area contributed by atoms with Crippen LogP contribution in [0.25, 0.3) is 0 Å². The third kappa shape index (κ3) is 4.56. The number of nitrogens with one attached hydrogen (secondary N) is 1. The van der Waals surface area contributed by atoms with Crippen molar-refractivity contribution in [2.24, 2.45) is 0 Å². The fourth-order valence-electron chi connectivity index (χ4n) is 2.19. The van der Waals surface area contributed by atoms with E-state index in [1.165, 1.54) is 32.2 Å². The van der Waals surface area contributed by atoms with Crippen molar-refractivity contribution in [2.45, 2.75) is 20.0 Å². The van der Waals surface area contributed by atoms with Crippen LogP contribution in [0.1, 0.15) is 22.8 Å². The third-order valence-electron chi connectivity index (χ3n) is 3.56. The van der Waals surface area contributed by atoms with Gasteiger partial charge in [0.05, 0.1) is 29.4 Å². The fraction of sp³-hybridized carbons (Fsp3) is 0.222. The highest BCUT2D eigenvalue weighted by Crippen LogP contribution is 2.29. The molecule has 1 atom stereocenters. The first kappa shape index (κ1) is 18.9. The van der Waals surface area contributed by atoms with Crippen molar-refractivity contribution in [3.05, 3.63) is 63.7 Å². The molecule has 26 heavy (non-hydrogen) atoms. The second kappa shape index (κ2) is 8.11. The summed E-state index contributed by atoms with van der Waals surface area (Å²) in [4.78, 5) is 34.6. The maximum absolute atomic E-state index is 12.3. The Morgan fingerprint density at radius 2 is 1.92 bits per heavy atom. The average Bonchev–Trinajstić information content (AvgIpc) is 2.61. The van der Waals surface area contributed by atoms with Gasteiger partial charge >= 0.3 is 5.97 Å². The molecule has 1 N–H and O–H groups in total. The number of carbonyl (C=O) groups is 2. The number of non-ortho nitro benzene ring substituents is 1. The van der Waals surface area contributed by atoms with Crippen molar-refractivity contribution < 1.29 is 24.0 Å². The first-order valence-electron chi connectivity index (χ1n) is 7.72. The van der Waals surface area contributed by atoms with E-state index in [1.54, 1.807) is 18.2 Å². The van der Waals surface area contributed by atoms with E-state index in [0.29, 0.717) is 5.56 Å². The van der Waals surface area contributed by atoms with Crippen molar-refractivity contribution in [3.8, 4) is 5.75 Å². The summed E-state index contributed by atoms with van der Waals surface area (Å²) >= 11 is 0. The Labute approximate surface area is 149 Å². The highest BCUT2D eigenvalue weighted by molar-refractivity contribution is 5.98. The summed E-state index contributed by atoms with van der Waals surface area (Å²) in [5, 5.41) is 13.3. The maximum atomic E-state index is 12.3. The summed E-state index contributed by atoms with van der Waals surface area (Å²) in [6.07, 6.45) is -1.07. The molecule has 0 saturated heterocycles. The van der Waals surface area contributed by atoms with E-state index in [1.807, 2.05) is 13.0 Å². The predicted octanol–water partition coefficient (Wildman–Crippen LogP) is 3.10. The Balaban J connectivity index is 2.07. The molecule has 0 saturated carbocycles. The molecule has 0 aromatic heterocycles. The highest BCUT2D eigenvalue weighted by atomic mass is 16.6. The molecule has 0 heterocycles. The minimum Gasteiger partial charge on any atom is -0.494 e. The molecule has 0 aliphatic heterocycles. The van der Waals surface area contributed by atoms with Crippen LogP contribution in [-0.2, 0) is 9.53 Å². The second-order valence-electron chi connectivity index (χ2n) is 5.55. The van der Waals surface area contributed by atoms with Crippen LogP contribution in [0.4, 0.5) is 11.4 Å². The van der Waals surface area contributed by atoms with Crippen molar-refractivity contribution in [1.29, 1.82) is 0 Å². The molecule has 0 spiro atoms. The molecule has 0 bridgehead atoms. The van der Waals surface area contributed by atoms with Gasteiger partial charge in [-0.3, -0.25) is 14.9 Å². The van der Waals surface area contributed by atoms with Gasteiger partial charge in [0.1, 0.15) is 5.75 Å². The van der Waals surface area contributed by atoms with Gasteiger partial charge in [0, 0.05) is 6.07 Å². The molecule has 8 nitrogen and oxygen atoms in total. The van der Waals surface area contributed by atoms with Crippen LogP contribution >= 0.6 is 0 Å². The zero-order valence-electron chi connectivity index (χ0n) is 14.5. The number of carbonyl (C=O) groups excluding carboxylic acids is 2. The van der Waals surface area contributed by atoms with Gasteiger partial charge in [0.2, 0.25) is 0 Å². The number of anilines is 1. The van der Waals surface area contributed by atoms with Crippen LogP contribution < -0.4 is 10.1 Å². The van der Waals surface area contributed by atoms with Crippen LogP contribution in [0, 0.1) is 17.0 Å². The molecule has 0 radical (unpaired) electrons. The molecule has 1 amide bonds. The molecule has 0 unspecified atom stereocenters. The number of esters is 1. The fourth-order valence-corrected chi connectivity index (χ4v) is 2.19. The third-order valence-corrected chi connectivity index (χ3v) is 3.56. The van der Waals surface area contributed by atoms with Gasteiger partial charge in [-0.05, 0) is 32.0 Å². The summed E-state index contributed by atoms with van der Waals surface area (Å²) in [5.74, 6) is -1.07. The number of nitrogens with zero attached hydrogens (tertiary/aromatic N) is 1. The molecular weight excluding hydrogens is 340 g/mol. The summed E-state index contributed by atoms with van der Waals surface area (Å²) in [7, 11) is 1.33. The molecule has 0 fully saturated rings. The normalized spacial score (nSPS) is 11.3. The Kier molecular flexibility index (Phi) is 5.90. The number of aryl methyl sites for hydroxylation is 1. The van der Waals surface area contributed by atoms with Crippen molar-refractivity contribution >= 4 is 23.3 Å². The Bertz CT molecular complexity index is 849. The highest BCUT2D eigenvalue weighted by Gasteiger charge is 2.21. The van der Waals surface area contributed by atoms with Crippen molar-refractivity contribution in [2.75, 3.05) is 12.4 Å². The van der Waals surface area contributed by atoms with Gasteiger partial charge in [0.15, 0.2) is 6.10 Å². The monoisotopic (exact) mass is 358 g/mol. The molecule has 0 aliphatic carbocycles. The number of nitro benzene ring substituents is 1. The smallest absolute Gasteiger partial charge is 0.338 e. The second-order valence-corrected chi connectivity index (χ2v) is 5.55. The molecule has 136 valence electrons. The number of benzene rings is 2. The summed E-state index contributed by atoms with van der Waals surface area (Å²) in [5.41, 5.74) is 1.31. The number of hydrogen-bond acceptors (Lipinski definition) is 6. The summed E-state index contributed by atoms with van der Waals surface area (Å²) < 4.78 is 10.2. The van der Waals surface area contributed by atoms with Crippen LogP contribution in [0.3, 0.4) is 0 Å². The first-order valence-corrected chi connectivity index (χ1v) is 7.72. The number of hydrogen-bond donors (Lipinski definition) is 1. The topological polar surface area (TPSA) is 108 Å². The average molecular weight is 358 g/mol. The van der Waals surface area contributed by atoms with Crippen LogP contribution in [0.2, 0.25) is 0 Å². The lowest BCUT2D eigenvalue weighted by molar-refractivity contribution is -0.384. The largest absolute Gasteiger partial charge is 0.494 e. The Hall–Kier alpha value is -3.42. The van der Waals surface area contributed by atoms with Crippen molar-refractivity contribution in [3.63, 3.8) is 0 Å². The quantitative estimate of drug-likeness (QED) is 0.483. The van der Waals surface area contributed by atoms with Gasteiger partial charge in [-0.1, -0.05) is 17.7 Å². The molecule has 8 heteroatoms. The minimum absolute atomic E-state index is 0.129. The zero-order valence-corrected chi connectivity index (χ0v) is 14.5. The van der Waals surface area contributed by atoms with E-state index in [2.05, 4.69) is 5.32 Å². The molecule has 2 aromatic rings. The number of methoxy groups -OCH3 is 1. The van der Waals surface area contributed by atoms with Crippen LogP contribution in [-0.4, -0.2) is 30.0 Å².